The summed E-state index contributed by atoms with van der Waals surface area (Å²) < 4.78 is 2.38. The molecule has 0 aliphatic heterocycles. The van der Waals surface area contributed by atoms with E-state index in [1.54, 1.807) is 0 Å². The Morgan fingerprint density at radius 1 is 0.340 bits per heavy atom. The van der Waals surface area contributed by atoms with Crippen LogP contribution in [0, 0.1) is 0 Å². The third-order valence-corrected chi connectivity index (χ3v) is 8.84. The van der Waals surface area contributed by atoms with E-state index in [1.165, 1.54) is 16.2 Å². The van der Waals surface area contributed by atoms with Gasteiger partial charge in [0, 0.05) is 33.0 Å². The van der Waals surface area contributed by atoms with E-state index in [9.17, 15) is 0 Å². The smallest absolute Gasteiger partial charge is 0.164 e. The van der Waals surface area contributed by atoms with Crippen LogP contribution in [0.2, 0.25) is 0 Å². The minimum Gasteiger partial charge on any atom is -0.309 e. The van der Waals surface area contributed by atoms with E-state index in [2.05, 4.69) is 144 Å². The lowest BCUT2D eigenvalue weighted by Gasteiger charge is -2.16. The van der Waals surface area contributed by atoms with Gasteiger partial charge in [0.15, 0.2) is 17.5 Å². The van der Waals surface area contributed by atoms with Gasteiger partial charge in [0.1, 0.15) is 0 Å². The lowest BCUT2D eigenvalue weighted by atomic mass is 10.0. The number of aromatic nitrogens is 4. The second-order valence-electron chi connectivity index (χ2n) is 11.7. The third kappa shape index (κ3) is 4.75. The Hall–Kier alpha value is -6.39. The van der Waals surface area contributed by atoms with Crippen molar-refractivity contribution >= 4 is 32.6 Å². The van der Waals surface area contributed by atoms with Gasteiger partial charge in [0.2, 0.25) is 0 Å². The molecule has 0 radical (unpaired) electrons. The van der Waals surface area contributed by atoms with Gasteiger partial charge in [0.25, 0.3) is 0 Å². The molecular formula is C43H28N4. The molecule has 220 valence electrons. The highest BCUT2D eigenvalue weighted by atomic mass is 15.0. The number of hydrogen-bond donors (Lipinski definition) is 0. The summed E-state index contributed by atoms with van der Waals surface area (Å²) in [7, 11) is 0. The Morgan fingerprint density at radius 3 is 1.49 bits per heavy atom. The Bertz CT molecular complexity index is 2520. The van der Waals surface area contributed by atoms with E-state index in [0.717, 1.165) is 49.9 Å². The Labute approximate surface area is 272 Å². The molecule has 0 saturated carbocycles. The van der Waals surface area contributed by atoms with Crippen molar-refractivity contribution in [2.45, 2.75) is 0 Å². The van der Waals surface area contributed by atoms with Gasteiger partial charge in [-0.25, -0.2) is 15.0 Å². The standard InChI is InChI=1S/C43H28N4/c1-3-14-30(15-4-1)35-26-25-34(28-40(35)47-38-21-11-9-19-36(38)37-20-10-12-22-39(37)47)43-45-41(31-16-5-2-6-17-31)44-42(46-43)33-24-23-29-13-7-8-18-32(29)27-33/h1-28H. The fourth-order valence-corrected chi connectivity index (χ4v) is 6.58. The Balaban J connectivity index is 1.31. The predicted molar refractivity (Wildman–Crippen MR) is 193 cm³/mol. The summed E-state index contributed by atoms with van der Waals surface area (Å²) in [6.07, 6.45) is 0. The maximum absolute atomic E-state index is 5.12. The molecule has 0 bridgehead atoms. The maximum atomic E-state index is 5.12. The molecule has 0 aliphatic carbocycles. The molecule has 9 aromatic rings. The highest BCUT2D eigenvalue weighted by Gasteiger charge is 2.18. The summed E-state index contributed by atoms with van der Waals surface area (Å²) in [5, 5.41) is 4.77. The molecule has 47 heavy (non-hydrogen) atoms. The molecule has 9 rings (SSSR count). The van der Waals surface area contributed by atoms with E-state index in [0.29, 0.717) is 17.5 Å². The third-order valence-electron chi connectivity index (χ3n) is 8.84. The fourth-order valence-electron chi connectivity index (χ4n) is 6.58. The highest BCUT2D eigenvalue weighted by molar-refractivity contribution is 6.09. The molecule has 0 spiro atoms. The number of hydrogen-bond acceptors (Lipinski definition) is 3. The monoisotopic (exact) mass is 600 g/mol. The first-order chi connectivity index (χ1) is 23.3. The molecule has 0 saturated heterocycles. The molecule has 4 nitrogen and oxygen atoms in total. The zero-order chi connectivity index (χ0) is 31.2. The van der Waals surface area contributed by atoms with Gasteiger partial charge in [-0.3, -0.25) is 0 Å². The molecule has 0 N–H and O–H groups in total. The quantitative estimate of drug-likeness (QED) is 0.197. The summed E-state index contributed by atoms with van der Waals surface area (Å²) in [6, 6.07) is 59.3. The maximum Gasteiger partial charge on any atom is 0.164 e. The summed E-state index contributed by atoms with van der Waals surface area (Å²) in [5.74, 6) is 1.91. The lowest BCUT2D eigenvalue weighted by Crippen LogP contribution is -2.02. The van der Waals surface area contributed by atoms with E-state index >= 15 is 0 Å². The van der Waals surface area contributed by atoms with Crippen molar-refractivity contribution < 1.29 is 0 Å². The van der Waals surface area contributed by atoms with Gasteiger partial charge in [-0.1, -0.05) is 146 Å². The Morgan fingerprint density at radius 2 is 0.830 bits per heavy atom. The number of nitrogens with zero attached hydrogens (tertiary/aromatic N) is 4. The first-order valence-electron chi connectivity index (χ1n) is 15.8. The van der Waals surface area contributed by atoms with Crippen molar-refractivity contribution in [2.75, 3.05) is 0 Å². The van der Waals surface area contributed by atoms with Gasteiger partial charge in [0.05, 0.1) is 16.7 Å². The molecule has 0 fully saturated rings. The predicted octanol–water partition coefficient (Wildman–Crippen LogP) is 10.8. The first kappa shape index (κ1) is 27.0. The van der Waals surface area contributed by atoms with Gasteiger partial charge < -0.3 is 4.57 Å². The SMILES string of the molecule is c1ccc(-c2nc(-c3ccc(-c4ccccc4)c(-n4c5ccccc5c5ccccc54)c3)nc(-c3ccc4ccccc4c3)n2)cc1. The van der Waals surface area contributed by atoms with Crippen LogP contribution in [0.4, 0.5) is 0 Å². The molecule has 0 atom stereocenters. The average molecular weight is 601 g/mol. The van der Waals surface area contributed by atoms with Crippen LogP contribution in [0.5, 0.6) is 0 Å². The van der Waals surface area contributed by atoms with Crippen LogP contribution in [-0.4, -0.2) is 19.5 Å². The van der Waals surface area contributed by atoms with Crippen molar-refractivity contribution in [3.8, 4) is 51.0 Å². The summed E-state index contributed by atoms with van der Waals surface area (Å²) in [6.45, 7) is 0. The average Bonchev–Trinajstić information content (AvgIpc) is 3.49. The molecule has 0 aliphatic rings. The summed E-state index contributed by atoms with van der Waals surface area (Å²) in [5.41, 5.74) is 8.47. The van der Waals surface area contributed by atoms with Crippen LogP contribution in [-0.2, 0) is 0 Å². The molecule has 7 aromatic carbocycles. The molecule has 4 heteroatoms. The summed E-state index contributed by atoms with van der Waals surface area (Å²) >= 11 is 0. The minimum atomic E-state index is 0.628. The largest absolute Gasteiger partial charge is 0.309 e. The lowest BCUT2D eigenvalue weighted by molar-refractivity contribution is 1.07. The number of para-hydroxylation sites is 2. The normalized spacial score (nSPS) is 11.4. The molecule has 0 amide bonds. The highest BCUT2D eigenvalue weighted by Crippen LogP contribution is 2.38. The second kappa shape index (κ2) is 11.2. The van der Waals surface area contributed by atoms with Crippen molar-refractivity contribution in [2.24, 2.45) is 0 Å². The van der Waals surface area contributed by atoms with Crippen LogP contribution in [0.3, 0.4) is 0 Å². The van der Waals surface area contributed by atoms with Crippen LogP contribution < -0.4 is 0 Å². The minimum absolute atomic E-state index is 0.628. The van der Waals surface area contributed by atoms with Crippen LogP contribution >= 0.6 is 0 Å². The Kier molecular flexibility index (Phi) is 6.43. The van der Waals surface area contributed by atoms with Crippen LogP contribution in [0.1, 0.15) is 0 Å². The molecular weight excluding hydrogens is 573 g/mol. The zero-order valence-corrected chi connectivity index (χ0v) is 25.5. The van der Waals surface area contributed by atoms with E-state index in [4.69, 9.17) is 15.0 Å². The first-order valence-corrected chi connectivity index (χ1v) is 15.8. The topological polar surface area (TPSA) is 43.6 Å². The van der Waals surface area contributed by atoms with E-state index < -0.39 is 0 Å². The van der Waals surface area contributed by atoms with Crippen molar-refractivity contribution in [1.29, 1.82) is 0 Å². The molecule has 2 aromatic heterocycles. The molecule has 0 unspecified atom stereocenters. The summed E-state index contributed by atoms with van der Waals surface area (Å²) in [4.78, 5) is 15.2. The fraction of sp³-hybridized carbons (Fsp3) is 0. The van der Waals surface area contributed by atoms with Gasteiger partial charge in [-0.15, -0.1) is 0 Å². The molecule has 2 heterocycles. The zero-order valence-electron chi connectivity index (χ0n) is 25.5. The number of fused-ring (bicyclic) bond motifs is 4. The van der Waals surface area contributed by atoms with Gasteiger partial charge in [-0.05, 0) is 40.6 Å². The second-order valence-corrected chi connectivity index (χ2v) is 11.7. The van der Waals surface area contributed by atoms with Crippen molar-refractivity contribution in [3.63, 3.8) is 0 Å². The number of benzene rings is 7. The van der Waals surface area contributed by atoms with Crippen LogP contribution in [0.25, 0.3) is 83.6 Å². The van der Waals surface area contributed by atoms with Crippen LogP contribution in [0.15, 0.2) is 170 Å². The van der Waals surface area contributed by atoms with Crippen molar-refractivity contribution in [1.82, 2.24) is 19.5 Å². The van der Waals surface area contributed by atoms with Gasteiger partial charge in [-0.2, -0.15) is 0 Å². The van der Waals surface area contributed by atoms with Gasteiger partial charge >= 0.3 is 0 Å². The van der Waals surface area contributed by atoms with E-state index in [1.807, 2.05) is 30.3 Å². The van der Waals surface area contributed by atoms with Crippen molar-refractivity contribution in [3.05, 3.63) is 170 Å². The van der Waals surface area contributed by atoms with E-state index in [-0.39, 0.29) is 0 Å². The number of rotatable bonds is 5.